The standard InChI is InChI=1S/C31H25N3O2/c35-31-29-27(28(32-33-29)24-14-8-3-9-15-24)30(34(31)20-22-10-4-1-5-11-22)25-16-18-26(19-17-25)36-21-23-12-6-2-7-13-23/h1-19,30H,20-21H2,(H,32,33). The molecule has 1 aliphatic heterocycles. The van der Waals surface area contributed by atoms with Crippen molar-refractivity contribution in [2.45, 2.75) is 19.2 Å². The van der Waals surface area contributed by atoms with Gasteiger partial charge in [-0.25, -0.2) is 0 Å². The minimum atomic E-state index is -0.259. The summed E-state index contributed by atoms with van der Waals surface area (Å²) in [7, 11) is 0. The number of nitrogens with one attached hydrogen (secondary N) is 1. The number of hydrogen-bond donors (Lipinski definition) is 1. The maximum atomic E-state index is 13.6. The lowest BCUT2D eigenvalue weighted by Crippen LogP contribution is -2.29. The number of aromatic amines is 1. The molecule has 0 spiro atoms. The maximum absolute atomic E-state index is 13.6. The lowest BCUT2D eigenvalue weighted by Gasteiger charge is -2.26. The molecule has 1 N–H and O–H groups in total. The molecule has 4 aromatic carbocycles. The number of amides is 1. The van der Waals surface area contributed by atoms with E-state index in [1.165, 1.54) is 0 Å². The van der Waals surface area contributed by atoms with Gasteiger partial charge in [-0.2, -0.15) is 5.10 Å². The highest BCUT2D eigenvalue weighted by molar-refractivity contribution is 6.00. The Morgan fingerprint density at radius 1 is 0.750 bits per heavy atom. The number of H-pyrrole nitrogens is 1. The summed E-state index contributed by atoms with van der Waals surface area (Å²) < 4.78 is 6.00. The number of fused-ring (bicyclic) bond motifs is 1. The van der Waals surface area contributed by atoms with Crippen molar-refractivity contribution in [2.24, 2.45) is 0 Å². The average Bonchev–Trinajstić information content (AvgIpc) is 3.48. The lowest BCUT2D eigenvalue weighted by molar-refractivity contribution is 0.0730. The smallest absolute Gasteiger partial charge is 0.273 e. The zero-order valence-electron chi connectivity index (χ0n) is 19.7. The van der Waals surface area contributed by atoms with Crippen LogP contribution in [0.1, 0.15) is 38.8 Å². The third-order valence-corrected chi connectivity index (χ3v) is 6.55. The SMILES string of the molecule is O=C1c2[nH]nc(-c3ccccc3)c2C(c2ccc(OCc3ccccc3)cc2)N1Cc1ccccc1. The number of benzene rings is 4. The van der Waals surface area contributed by atoms with Crippen LogP contribution in [-0.2, 0) is 13.2 Å². The van der Waals surface area contributed by atoms with Gasteiger partial charge in [-0.05, 0) is 28.8 Å². The number of hydrogen-bond acceptors (Lipinski definition) is 3. The summed E-state index contributed by atoms with van der Waals surface area (Å²) in [6.45, 7) is 1.01. The first-order valence-corrected chi connectivity index (χ1v) is 12.0. The van der Waals surface area contributed by atoms with Crippen molar-refractivity contribution >= 4 is 5.91 Å². The molecule has 1 unspecified atom stereocenters. The Bertz CT molecular complexity index is 1460. The van der Waals surface area contributed by atoms with E-state index in [2.05, 4.69) is 10.2 Å². The van der Waals surface area contributed by atoms with Crippen LogP contribution in [0.5, 0.6) is 5.75 Å². The Morgan fingerprint density at radius 3 is 2.03 bits per heavy atom. The number of nitrogens with zero attached hydrogens (tertiary/aromatic N) is 2. The zero-order valence-corrected chi connectivity index (χ0v) is 19.7. The van der Waals surface area contributed by atoms with Crippen molar-refractivity contribution in [2.75, 3.05) is 0 Å². The van der Waals surface area contributed by atoms with Gasteiger partial charge in [-0.1, -0.05) is 103 Å². The molecule has 36 heavy (non-hydrogen) atoms. The normalized spacial score (nSPS) is 14.6. The minimum Gasteiger partial charge on any atom is -0.489 e. The second-order valence-electron chi connectivity index (χ2n) is 8.89. The third-order valence-electron chi connectivity index (χ3n) is 6.55. The summed E-state index contributed by atoms with van der Waals surface area (Å²) in [6, 6.07) is 38.0. The molecule has 0 aliphatic carbocycles. The van der Waals surface area contributed by atoms with Crippen LogP contribution >= 0.6 is 0 Å². The fourth-order valence-electron chi connectivity index (χ4n) is 4.79. The fraction of sp³-hybridized carbons (Fsp3) is 0.0968. The minimum absolute atomic E-state index is 0.0436. The highest BCUT2D eigenvalue weighted by Crippen LogP contribution is 2.43. The topological polar surface area (TPSA) is 58.2 Å². The average molecular weight is 472 g/mol. The number of carbonyl (C=O) groups excluding carboxylic acids is 1. The molecule has 0 saturated carbocycles. The van der Waals surface area contributed by atoms with Gasteiger partial charge >= 0.3 is 0 Å². The van der Waals surface area contributed by atoms with Crippen molar-refractivity contribution in [1.82, 2.24) is 15.1 Å². The molecule has 1 aliphatic rings. The summed E-state index contributed by atoms with van der Waals surface area (Å²) in [5.41, 5.74) is 6.48. The molecule has 0 radical (unpaired) electrons. The Morgan fingerprint density at radius 2 is 1.36 bits per heavy atom. The van der Waals surface area contributed by atoms with Crippen molar-refractivity contribution < 1.29 is 9.53 Å². The van der Waals surface area contributed by atoms with E-state index >= 15 is 0 Å². The van der Waals surface area contributed by atoms with E-state index in [9.17, 15) is 4.79 Å². The van der Waals surface area contributed by atoms with E-state index in [0.29, 0.717) is 18.8 Å². The summed E-state index contributed by atoms with van der Waals surface area (Å²) >= 11 is 0. The molecule has 1 atom stereocenters. The molecular formula is C31H25N3O2. The monoisotopic (exact) mass is 471 g/mol. The van der Waals surface area contributed by atoms with Crippen molar-refractivity contribution in [1.29, 1.82) is 0 Å². The predicted octanol–water partition coefficient (Wildman–Crippen LogP) is 6.40. The summed E-state index contributed by atoms with van der Waals surface area (Å²) in [4.78, 5) is 15.5. The molecular weight excluding hydrogens is 446 g/mol. The molecule has 0 fully saturated rings. The van der Waals surface area contributed by atoms with E-state index in [1.807, 2.05) is 120 Å². The molecule has 5 nitrogen and oxygen atoms in total. The van der Waals surface area contributed by atoms with Crippen LogP contribution in [0.4, 0.5) is 0 Å². The predicted molar refractivity (Wildman–Crippen MR) is 139 cm³/mol. The molecule has 6 rings (SSSR count). The number of ether oxygens (including phenoxy) is 1. The van der Waals surface area contributed by atoms with Gasteiger partial charge in [0, 0.05) is 17.7 Å². The van der Waals surface area contributed by atoms with Gasteiger partial charge < -0.3 is 9.64 Å². The van der Waals surface area contributed by atoms with Gasteiger partial charge in [-0.3, -0.25) is 9.89 Å². The lowest BCUT2D eigenvalue weighted by atomic mass is 9.96. The van der Waals surface area contributed by atoms with E-state index in [0.717, 1.165) is 39.3 Å². The number of carbonyl (C=O) groups is 1. The van der Waals surface area contributed by atoms with Gasteiger partial charge in [0.25, 0.3) is 5.91 Å². The van der Waals surface area contributed by atoms with Gasteiger partial charge in [-0.15, -0.1) is 0 Å². The summed E-state index contributed by atoms with van der Waals surface area (Å²) in [6.07, 6.45) is 0. The molecule has 176 valence electrons. The van der Waals surface area contributed by atoms with E-state index in [1.54, 1.807) is 0 Å². The number of aromatic nitrogens is 2. The molecule has 2 heterocycles. The first-order valence-electron chi connectivity index (χ1n) is 12.0. The molecule has 0 saturated heterocycles. The first-order chi connectivity index (χ1) is 17.8. The van der Waals surface area contributed by atoms with E-state index < -0.39 is 0 Å². The molecule has 0 bridgehead atoms. The van der Waals surface area contributed by atoms with Crippen LogP contribution in [0.2, 0.25) is 0 Å². The van der Waals surface area contributed by atoms with Crippen molar-refractivity contribution in [3.63, 3.8) is 0 Å². The third kappa shape index (κ3) is 4.16. The van der Waals surface area contributed by atoms with Gasteiger partial charge in [0.15, 0.2) is 0 Å². The molecule has 1 aromatic heterocycles. The first kappa shape index (κ1) is 21.9. The largest absolute Gasteiger partial charge is 0.489 e. The van der Waals surface area contributed by atoms with Crippen LogP contribution in [0.25, 0.3) is 11.3 Å². The second kappa shape index (κ2) is 9.55. The fourth-order valence-corrected chi connectivity index (χ4v) is 4.79. The molecule has 1 amide bonds. The quantitative estimate of drug-likeness (QED) is 0.299. The van der Waals surface area contributed by atoms with E-state index in [4.69, 9.17) is 4.74 Å². The van der Waals surface area contributed by atoms with Crippen molar-refractivity contribution in [3.8, 4) is 17.0 Å². The number of rotatable bonds is 7. The Hall–Kier alpha value is -4.64. The maximum Gasteiger partial charge on any atom is 0.273 e. The second-order valence-corrected chi connectivity index (χ2v) is 8.89. The van der Waals surface area contributed by atoms with Crippen LogP contribution in [-0.4, -0.2) is 21.0 Å². The Balaban J connectivity index is 1.35. The van der Waals surface area contributed by atoms with Crippen LogP contribution in [0.15, 0.2) is 115 Å². The Kier molecular flexibility index (Phi) is 5.80. The van der Waals surface area contributed by atoms with Gasteiger partial charge in [0.1, 0.15) is 18.1 Å². The van der Waals surface area contributed by atoms with Crippen LogP contribution < -0.4 is 4.74 Å². The molecule has 5 heteroatoms. The highest BCUT2D eigenvalue weighted by Gasteiger charge is 2.42. The zero-order chi connectivity index (χ0) is 24.3. The summed E-state index contributed by atoms with van der Waals surface area (Å²) in [5.74, 6) is 0.746. The van der Waals surface area contributed by atoms with E-state index in [-0.39, 0.29) is 11.9 Å². The highest BCUT2D eigenvalue weighted by atomic mass is 16.5. The van der Waals surface area contributed by atoms with Gasteiger partial charge in [0.2, 0.25) is 0 Å². The van der Waals surface area contributed by atoms with Crippen LogP contribution in [0, 0.1) is 0 Å². The Labute approximate surface area is 210 Å². The van der Waals surface area contributed by atoms with Crippen LogP contribution in [0.3, 0.4) is 0 Å². The van der Waals surface area contributed by atoms with Gasteiger partial charge in [0.05, 0.1) is 11.7 Å². The summed E-state index contributed by atoms with van der Waals surface area (Å²) in [5, 5.41) is 7.59. The molecule has 5 aromatic rings. The van der Waals surface area contributed by atoms with Crippen molar-refractivity contribution in [3.05, 3.63) is 143 Å².